The zero-order valence-corrected chi connectivity index (χ0v) is 12.5. The maximum absolute atomic E-state index is 13.3. The number of hydrogen-bond acceptors (Lipinski definition) is 4. The van der Waals surface area contributed by atoms with Gasteiger partial charge in [0.25, 0.3) is 0 Å². The quantitative estimate of drug-likeness (QED) is 0.505. The lowest BCUT2D eigenvalue weighted by Gasteiger charge is -2.14. The van der Waals surface area contributed by atoms with E-state index in [1.165, 1.54) is 12.1 Å². The lowest BCUT2D eigenvalue weighted by molar-refractivity contribution is 0.0421. The molecule has 1 aromatic carbocycles. The van der Waals surface area contributed by atoms with E-state index in [0.29, 0.717) is 16.8 Å². The van der Waals surface area contributed by atoms with Crippen molar-refractivity contribution in [1.29, 1.82) is 0 Å². The van der Waals surface area contributed by atoms with Gasteiger partial charge in [0.2, 0.25) is 0 Å². The number of aliphatic hydroxyl groups is 1. The first-order chi connectivity index (χ1) is 9.04. The van der Waals surface area contributed by atoms with Crippen molar-refractivity contribution in [3.63, 3.8) is 0 Å². The fourth-order valence-corrected chi connectivity index (χ4v) is 1.95. The van der Waals surface area contributed by atoms with Crippen molar-refractivity contribution < 1.29 is 14.2 Å². The summed E-state index contributed by atoms with van der Waals surface area (Å²) in [6, 6.07) is 2.78. The van der Waals surface area contributed by atoms with Crippen molar-refractivity contribution in [2.45, 2.75) is 25.9 Å². The summed E-state index contributed by atoms with van der Waals surface area (Å²) in [6.07, 6.45) is 1.41. The van der Waals surface area contributed by atoms with E-state index in [2.05, 4.69) is 28.2 Å². The minimum absolute atomic E-state index is 0.0841. The smallest absolute Gasteiger partial charge is 0.148 e. The van der Waals surface area contributed by atoms with E-state index in [0.717, 1.165) is 12.8 Å². The molecule has 4 nitrogen and oxygen atoms in total. The average Bonchev–Trinajstić information content (AvgIpc) is 2.37. The largest absolute Gasteiger partial charge is 0.396 e. The van der Waals surface area contributed by atoms with Crippen LogP contribution in [0.25, 0.3) is 0 Å². The Hall–Kier alpha value is -0.850. The SMILES string of the molecule is CCCCOCC(O)CNc1cc(F)c(N)cc1Br. The van der Waals surface area contributed by atoms with Gasteiger partial charge in [-0.3, -0.25) is 0 Å². The molecule has 1 atom stereocenters. The highest BCUT2D eigenvalue weighted by Crippen LogP contribution is 2.27. The van der Waals surface area contributed by atoms with Crippen LogP contribution in [-0.2, 0) is 4.74 Å². The molecule has 0 saturated heterocycles. The predicted molar refractivity (Wildman–Crippen MR) is 78.7 cm³/mol. The summed E-state index contributed by atoms with van der Waals surface area (Å²) in [5, 5.41) is 12.7. The molecule has 0 amide bonds. The molecule has 19 heavy (non-hydrogen) atoms. The summed E-state index contributed by atoms with van der Waals surface area (Å²) < 4.78 is 19.3. The summed E-state index contributed by atoms with van der Waals surface area (Å²) in [7, 11) is 0. The van der Waals surface area contributed by atoms with Gasteiger partial charge < -0.3 is 20.9 Å². The predicted octanol–water partition coefficient (Wildman–Crippen LogP) is 2.76. The first-order valence-corrected chi connectivity index (χ1v) is 7.08. The summed E-state index contributed by atoms with van der Waals surface area (Å²) >= 11 is 3.28. The molecule has 1 aromatic rings. The van der Waals surface area contributed by atoms with E-state index >= 15 is 0 Å². The fourth-order valence-electron chi connectivity index (χ4n) is 1.45. The van der Waals surface area contributed by atoms with Gasteiger partial charge in [0, 0.05) is 23.7 Å². The third-order valence-corrected chi connectivity index (χ3v) is 3.22. The van der Waals surface area contributed by atoms with E-state index in [1.807, 2.05) is 0 Å². The van der Waals surface area contributed by atoms with Gasteiger partial charge in [-0.05, 0) is 28.4 Å². The van der Waals surface area contributed by atoms with Gasteiger partial charge >= 0.3 is 0 Å². The maximum atomic E-state index is 13.3. The Morgan fingerprint density at radius 3 is 2.95 bits per heavy atom. The lowest BCUT2D eigenvalue weighted by Crippen LogP contribution is -2.25. The molecule has 1 unspecified atom stereocenters. The van der Waals surface area contributed by atoms with Crippen molar-refractivity contribution in [1.82, 2.24) is 0 Å². The maximum Gasteiger partial charge on any atom is 0.148 e. The minimum atomic E-state index is -0.635. The van der Waals surface area contributed by atoms with Crippen LogP contribution in [0.1, 0.15) is 19.8 Å². The molecule has 0 bridgehead atoms. The third kappa shape index (κ3) is 5.76. The van der Waals surface area contributed by atoms with Gasteiger partial charge in [0.15, 0.2) is 0 Å². The number of nitrogen functional groups attached to an aromatic ring is 1. The number of halogens is 2. The van der Waals surface area contributed by atoms with Crippen molar-refractivity contribution >= 4 is 27.3 Å². The molecule has 0 spiro atoms. The Bertz CT molecular complexity index is 404. The zero-order chi connectivity index (χ0) is 14.3. The Morgan fingerprint density at radius 1 is 1.53 bits per heavy atom. The molecule has 4 N–H and O–H groups in total. The minimum Gasteiger partial charge on any atom is -0.396 e. The highest BCUT2D eigenvalue weighted by atomic mass is 79.9. The van der Waals surface area contributed by atoms with Crippen molar-refractivity contribution in [2.75, 3.05) is 30.8 Å². The van der Waals surface area contributed by atoms with E-state index < -0.39 is 11.9 Å². The van der Waals surface area contributed by atoms with Crippen LogP contribution in [0.5, 0.6) is 0 Å². The number of hydrogen-bond donors (Lipinski definition) is 3. The summed E-state index contributed by atoms with van der Waals surface area (Å²) in [5.74, 6) is -0.487. The Morgan fingerprint density at radius 2 is 2.26 bits per heavy atom. The normalized spacial score (nSPS) is 12.4. The van der Waals surface area contributed by atoms with Crippen LogP contribution in [0.2, 0.25) is 0 Å². The van der Waals surface area contributed by atoms with Crippen LogP contribution in [0.15, 0.2) is 16.6 Å². The van der Waals surface area contributed by atoms with E-state index in [1.54, 1.807) is 0 Å². The number of benzene rings is 1. The topological polar surface area (TPSA) is 67.5 Å². The molecule has 0 aliphatic rings. The van der Waals surface area contributed by atoms with Gasteiger partial charge in [0.1, 0.15) is 5.82 Å². The van der Waals surface area contributed by atoms with E-state index in [9.17, 15) is 9.50 Å². The first-order valence-electron chi connectivity index (χ1n) is 6.28. The highest BCUT2D eigenvalue weighted by molar-refractivity contribution is 9.10. The molecule has 1 rings (SSSR count). The van der Waals surface area contributed by atoms with Crippen LogP contribution >= 0.6 is 15.9 Å². The van der Waals surface area contributed by atoms with E-state index in [-0.39, 0.29) is 18.8 Å². The van der Waals surface area contributed by atoms with Crippen molar-refractivity contribution in [3.05, 3.63) is 22.4 Å². The molecule has 0 aliphatic carbocycles. The van der Waals surface area contributed by atoms with Gasteiger partial charge in [-0.2, -0.15) is 0 Å². The number of aliphatic hydroxyl groups excluding tert-OH is 1. The molecule has 0 aliphatic heterocycles. The van der Waals surface area contributed by atoms with Crippen molar-refractivity contribution in [2.24, 2.45) is 0 Å². The van der Waals surface area contributed by atoms with Gasteiger partial charge in [-0.25, -0.2) is 4.39 Å². The lowest BCUT2D eigenvalue weighted by atomic mass is 10.2. The molecule has 0 aromatic heterocycles. The Balaban J connectivity index is 2.37. The summed E-state index contributed by atoms with van der Waals surface area (Å²) in [5.41, 5.74) is 6.08. The van der Waals surface area contributed by atoms with E-state index in [4.69, 9.17) is 10.5 Å². The van der Waals surface area contributed by atoms with Gasteiger partial charge in [0.05, 0.1) is 24.1 Å². The summed E-state index contributed by atoms with van der Waals surface area (Å²) in [6.45, 7) is 3.28. The molecule has 108 valence electrons. The second-order valence-electron chi connectivity index (χ2n) is 4.32. The molecule has 6 heteroatoms. The first kappa shape index (κ1) is 16.2. The fraction of sp³-hybridized carbons (Fsp3) is 0.538. The monoisotopic (exact) mass is 334 g/mol. The molecule has 0 heterocycles. The second kappa shape index (κ2) is 8.35. The molecular formula is C13H20BrFN2O2. The number of nitrogens with two attached hydrogens (primary N) is 1. The molecule has 0 fully saturated rings. The third-order valence-electron chi connectivity index (χ3n) is 2.57. The van der Waals surface area contributed by atoms with Gasteiger partial charge in [-0.15, -0.1) is 0 Å². The molecule has 0 radical (unpaired) electrons. The van der Waals surface area contributed by atoms with Crippen LogP contribution in [0, 0.1) is 5.82 Å². The van der Waals surface area contributed by atoms with Crippen LogP contribution in [-0.4, -0.2) is 31.0 Å². The number of ether oxygens (including phenoxy) is 1. The summed E-state index contributed by atoms with van der Waals surface area (Å²) in [4.78, 5) is 0. The zero-order valence-electron chi connectivity index (χ0n) is 11.0. The Labute approximate surface area is 121 Å². The van der Waals surface area contributed by atoms with Crippen LogP contribution in [0.3, 0.4) is 0 Å². The average molecular weight is 335 g/mol. The number of anilines is 2. The highest BCUT2D eigenvalue weighted by Gasteiger charge is 2.08. The van der Waals surface area contributed by atoms with Crippen LogP contribution < -0.4 is 11.1 Å². The standard InChI is InChI=1S/C13H20BrFN2O2/c1-2-3-4-19-8-9(18)7-17-13-6-11(15)12(16)5-10(13)14/h5-6,9,17-18H,2-4,7-8,16H2,1H3. The molecular weight excluding hydrogens is 315 g/mol. The number of unbranched alkanes of at least 4 members (excludes halogenated alkanes) is 1. The number of rotatable bonds is 8. The molecule has 0 saturated carbocycles. The number of nitrogens with one attached hydrogen (secondary N) is 1. The second-order valence-corrected chi connectivity index (χ2v) is 5.17. The van der Waals surface area contributed by atoms with Crippen LogP contribution in [0.4, 0.5) is 15.8 Å². The van der Waals surface area contributed by atoms with Crippen molar-refractivity contribution in [3.8, 4) is 0 Å². The van der Waals surface area contributed by atoms with Gasteiger partial charge in [-0.1, -0.05) is 13.3 Å². The Kier molecular flexibility index (Phi) is 7.12.